The molecule has 0 N–H and O–H groups in total. The van der Waals surface area contributed by atoms with E-state index in [2.05, 4.69) is 0 Å². The Kier molecular flexibility index (Phi) is 5.18. The van der Waals surface area contributed by atoms with E-state index in [-0.39, 0.29) is 12.4 Å². The molecule has 104 valence electrons. The Balaban J connectivity index is 1.98. The van der Waals surface area contributed by atoms with Crippen molar-refractivity contribution in [1.82, 2.24) is 0 Å². The molecule has 0 aliphatic carbocycles. The summed E-state index contributed by atoms with van der Waals surface area (Å²) < 4.78 is 11.3. The van der Waals surface area contributed by atoms with Gasteiger partial charge in [-0.3, -0.25) is 4.79 Å². The van der Waals surface area contributed by atoms with Gasteiger partial charge >= 0.3 is 0 Å². The molecule has 0 bridgehead atoms. The minimum Gasteiger partial charge on any atom is -0.485 e. The van der Waals surface area contributed by atoms with E-state index in [0.717, 1.165) is 5.56 Å². The third-order valence-electron chi connectivity index (χ3n) is 2.87. The average Bonchev–Trinajstić information content (AvgIpc) is 2.52. The van der Waals surface area contributed by atoms with Gasteiger partial charge in [0, 0.05) is 6.42 Å². The standard InChI is InChI=1S/C17H18O3/c1-2-15(18)13-20-17-11-7-6-10-16(17)19-12-14-8-4-3-5-9-14/h3-11H,2,12-13H2,1H3. The number of ether oxygens (including phenoxy) is 2. The molecule has 0 aromatic heterocycles. The fourth-order valence-electron chi connectivity index (χ4n) is 1.68. The topological polar surface area (TPSA) is 35.5 Å². The lowest BCUT2D eigenvalue weighted by atomic mass is 10.2. The first kappa shape index (κ1) is 14.1. The van der Waals surface area contributed by atoms with Gasteiger partial charge in [-0.25, -0.2) is 0 Å². The van der Waals surface area contributed by atoms with Crippen LogP contribution in [-0.2, 0) is 11.4 Å². The number of carbonyl (C=O) groups excluding carboxylic acids is 1. The van der Waals surface area contributed by atoms with E-state index in [9.17, 15) is 4.79 Å². The molecule has 0 aliphatic heterocycles. The van der Waals surface area contributed by atoms with Crippen LogP contribution < -0.4 is 9.47 Å². The number of benzene rings is 2. The van der Waals surface area contributed by atoms with Gasteiger partial charge in [0.15, 0.2) is 17.3 Å². The van der Waals surface area contributed by atoms with Crippen LogP contribution in [0.5, 0.6) is 11.5 Å². The number of rotatable bonds is 7. The van der Waals surface area contributed by atoms with E-state index >= 15 is 0 Å². The van der Waals surface area contributed by atoms with Crippen molar-refractivity contribution in [1.29, 1.82) is 0 Å². The van der Waals surface area contributed by atoms with Crippen molar-refractivity contribution in [3.05, 3.63) is 60.2 Å². The Hall–Kier alpha value is -2.29. The summed E-state index contributed by atoms with van der Waals surface area (Å²) in [5, 5.41) is 0. The van der Waals surface area contributed by atoms with Gasteiger partial charge in [0.2, 0.25) is 0 Å². The number of carbonyl (C=O) groups is 1. The molecular weight excluding hydrogens is 252 g/mol. The number of Topliss-reactive ketones (excluding diaryl/α,β-unsaturated/α-hetero) is 1. The highest BCUT2D eigenvalue weighted by Gasteiger charge is 2.06. The summed E-state index contributed by atoms with van der Waals surface area (Å²) in [7, 11) is 0. The lowest BCUT2D eigenvalue weighted by Gasteiger charge is -2.12. The summed E-state index contributed by atoms with van der Waals surface area (Å²) in [6, 6.07) is 17.3. The number of hydrogen-bond acceptors (Lipinski definition) is 3. The largest absolute Gasteiger partial charge is 0.485 e. The second-order valence-electron chi connectivity index (χ2n) is 4.40. The first-order valence-corrected chi connectivity index (χ1v) is 6.70. The van der Waals surface area contributed by atoms with Gasteiger partial charge in [-0.05, 0) is 17.7 Å². The van der Waals surface area contributed by atoms with Gasteiger partial charge in [-0.2, -0.15) is 0 Å². The molecule has 0 fully saturated rings. The number of ketones is 1. The normalized spacial score (nSPS) is 10.1. The minimum atomic E-state index is 0.0721. The highest BCUT2D eigenvalue weighted by molar-refractivity contribution is 5.79. The second-order valence-corrected chi connectivity index (χ2v) is 4.40. The predicted octanol–water partition coefficient (Wildman–Crippen LogP) is 3.62. The van der Waals surface area contributed by atoms with Crippen molar-refractivity contribution in [3.63, 3.8) is 0 Å². The Morgan fingerprint density at radius 3 is 2.15 bits per heavy atom. The Morgan fingerprint density at radius 2 is 1.50 bits per heavy atom. The van der Waals surface area contributed by atoms with Crippen LogP contribution in [0.2, 0.25) is 0 Å². The van der Waals surface area contributed by atoms with E-state index in [4.69, 9.17) is 9.47 Å². The summed E-state index contributed by atoms with van der Waals surface area (Å²) in [6.45, 7) is 2.38. The van der Waals surface area contributed by atoms with Gasteiger partial charge in [0.05, 0.1) is 0 Å². The van der Waals surface area contributed by atoms with E-state index in [0.29, 0.717) is 24.5 Å². The molecule has 2 aromatic rings. The molecule has 20 heavy (non-hydrogen) atoms. The number of para-hydroxylation sites is 2. The number of hydrogen-bond donors (Lipinski definition) is 0. The van der Waals surface area contributed by atoms with Crippen LogP contribution in [-0.4, -0.2) is 12.4 Å². The smallest absolute Gasteiger partial charge is 0.169 e. The molecule has 0 unspecified atom stereocenters. The van der Waals surface area contributed by atoms with Crippen molar-refractivity contribution < 1.29 is 14.3 Å². The van der Waals surface area contributed by atoms with Gasteiger partial charge < -0.3 is 9.47 Å². The van der Waals surface area contributed by atoms with Gasteiger partial charge in [-0.1, -0.05) is 49.4 Å². The summed E-state index contributed by atoms with van der Waals surface area (Å²) in [4.78, 5) is 11.3. The van der Waals surface area contributed by atoms with Crippen LogP contribution in [0.3, 0.4) is 0 Å². The zero-order chi connectivity index (χ0) is 14.2. The third-order valence-corrected chi connectivity index (χ3v) is 2.87. The molecule has 3 nitrogen and oxygen atoms in total. The molecule has 0 saturated heterocycles. The van der Waals surface area contributed by atoms with Crippen LogP contribution in [0.25, 0.3) is 0 Å². The maximum atomic E-state index is 11.3. The van der Waals surface area contributed by atoms with Gasteiger partial charge in [-0.15, -0.1) is 0 Å². The first-order chi connectivity index (χ1) is 9.79. The lowest BCUT2D eigenvalue weighted by Crippen LogP contribution is -2.10. The summed E-state index contributed by atoms with van der Waals surface area (Å²) in [5.41, 5.74) is 1.09. The van der Waals surface area contributed by atoms with E-state index in [1.54, 1.807) is 0 Å². The van der Waals surface area contributed by atoms with Crippen molar-refractivity contribution in [3.8, 4) is 11.5 Å². The van der Waals surface area contributed by atoms with Crippen LogP contribution in [0.15, 0.2) is 54.6 Å². The molecule has 0 aliphatic rings. The van der Waals surface area contributed by atoms with Crippen molar-refractivity contribution in [2.24, 2.45) is 0 Å². The van der Waals surface area contributed by atoms with Crippen LogP contribution in [0.1, 0.15) is 18.9 Å². The molecule has 0 heterocycles. The highest BCUT2D eigenvalue weighted by atomic mass is 16.5. The summed E-state index contributed by atoms with van der Waals surface area (Å²) in [6.07, 6.45) is 0.479. The van der Waals surface area contributed by atoms with E-state index in [1.807, 2.05) is 61.5 Å². The molecule has 0 atom stereocenters. The Labute approximate surface area is 119 Å². The van der Waals surface area contributed by atoms with Gasteiger partial charge in [0.25, 0.3) is 0 Å². The fraction of sp³-hybridized carbons (Fsp3) is 0.235. The maximum absolute atomic E-state index is 11.3. The third kappa shape index (κ3) is 4.12. The molecule has 0 amide bonds. The Bertz CT molecular complexity index is 549. The molecule has 0 radical (unpaired) electrons. The SMILES string of the molecule is CCC(=O)COc1ccccc1OCc1ccccc1. The average molecular weight is 270 g/mol. The quantitative estimate of drug-likeness (QED) is 0.770. The maximum Gasteiger partial charge on any atom is 0.169 e. The predicted molar refractivity (Wildman–Crippen MR) is 78.0 cm³/mol. The zero-order valence-corrected chi connectivity index (χ0v) is 11.5. The molecular formula is C17H18O3. The lowest BCUT2D eigenvalue weighted by molar-refractivity contribution is -0.120. The fourth-order valence-corrected chi connectivity index (χ4v) is 1.68. The van der Waals surface area contributed by atoms with Crippen molar-refractivity contribution in [2.45, 2.75) is 20.0 Å². The highest BCUT2D eigenvalue weighted by Crippen LogP contribution is 2.27. The van der Waals surface area contributed by atoms with E-state index in [1.165, 1.54) is 0 Å². The minimum absolute atomic E-state index is 0.0721. The second kappa shape index (κ2) is 7.34. The van der Waals surface area contributed by atoms with Crippen LogP contribution in [0, 0.1) is 0 Å². The molecule has 0 spiro atoms. The summed E-state index contributed by atoms with van der Waals surface area (Å²) in [5.74, 6) is 1.33. The molecule has 0 saturated carbocycles. The van der Waals surface area contributed by atoms with E-state index < -0.39 is 0 Å². The van der Waals surface area contributed by atoms with Crippen LogP contribution in [0.4, 0.5) is 0 Å². The molecule has 2 aromatic carbocycles. The molecule has 3 heteroatoms. The van der Waals surface area contributed by atoms with Crippen LogP contribution >= 0.6 is 0 Å². The first-order valence-electron chi connectivity index (χ1n) is 6.70. The Morgan fingerprint density at radius 1 is 0.900 bits per heavy atom. The van der Waals surface area contributed by atoms with Crippen molar-refractivity contribution >= 4 is 5.78 Å². The van der Waals surface area contributed by atoms with Gasteiger partial charge in [0.1, 0.15) is 13.2 Å². The monoisotopic (exact) mass is 270 g/mol. The zero-order valence-electron chi connectivity index (χ0n) is 11.5. The molecule has 2 rings (SSSR count). The van der Waals surface area contributed by atoms with Crippen molar-refractivity contribution in [2.75, 3.05) is 6.61 Å². The summed E-state index contributed by atoms with van der Waals surface area (Å²) >= 11 is 0.